The predicted octanol–water partition coefficient (Wildman–Crippen LogP) is 4.85. The van der Waals surface area contributed by atoms with Crippen molar-refractivity contribution < 1.29 is 18.7 Å². The highest BCUT2D eigenvalue weighted by Crippen LogP contribution is 2.35. The first-order valence-corrected chi connectivity index (χ1v) is 8.18. The van der Waals surface area contributed by atoms with Crippen molar-refractivity contribution in [2.75, 3.05) is 0 Å². The van der Waals surface area contributed by atoms with E-state index in [1.807, 2.05) is 13.0 Å². The quantitative estimate of drug-likeness (QED) is 0.743. The lowest BCUT2D eigenvalue weighted by atomic mass is 9.90. The lowest BCUT2D eigenvalue weighted by molar-refractivity contribution is -0.123. The number of aryl methyl sites for hydroxylation is 1. The van der Waals surface area contributed by atoms with Crippen molar-refractivity contribution in [3.05, 3.63) is 58.4 Å². The van der Waals surface area contributed by atoms with Crippen LogP contribution in [0, 0.1) is 5.82 Å². The highest BCUT2D eigenvalue weighted by Gasteiger charge is 2.35. The van der Waals surface area contributed by atoms with E-state index >= 15 is 0 Å². The summed E-state index contributed by atoms with van der Waals surface area (Å²) < 4.78 is 19.5. The number of carbonyl (C=O) groups is 2. The summed E-state index contributed by atoms with van der Waals surface area (Å²) in [5.41, 5.74) is 1.59. The predicted molar refractivity (Wildman–Crippen MR) is 89.3 cm³/mol. The Morgan fingerprint density at radius 1 is 1.12 bits per heavy atom. The monoisotopic (exact) mass is 346 g/mol. The van der Waals surface area contributed by atoms with Gasteiger partial charge in [-0.1, -0.05) is 24.6 Å². The third-order valence-corrected chi connectivity index (χ3v) is 4.43. The molecule has 0 unspecified atom stereocenters. The van der Waals surface area contributed by atoms with E-state index in [9.17, 15) is 14.0 Å². The number of carbonyl (C=O) groups excluding carboxylic acids is 2. The molecular formula is C19H16ClFO3. The maximum atomic E-state index is 13.9. The zero-order valence-electron chi connectivity index (χ0n) is 13.1. The summed E-state index contributed by atoms with van der Waals surface area (Å²) in [5, 5.41) is 0.281. The molecule has 0 radical (unpaired) electrons. The van der Waals surface area contributed by atoms with Crippen LogP contribution in [-0.4, -0.2) is 11.6 Å². The summed E-state index contributed by atoms with van der Waals surface area (Å²) in [4.78, 5) is 24.2. The molecule has 0 heterocycles. The average Bonchev–Trinajstić information content (AvgIpc) is 2.89. The van der Waals surface area contributed by atoms with Gasteiger partial charge in [0.2, 0.25) is 0 Å². The van der Waals surface area contributed by atoms with Gasteiger partial charge in [-0.05, 0) is 47.9 Å². The number of benzene rings is 2. The fraction of sp³-hybridized carbons (Fsp3) is 0.263. The normalized spacial score (nSPS) is 15.1. The minimum Gasteiger partial charge on any atom is -0.454 e. The fourth-order valence-electron chi connectivity index (χ4n) is 2.97. The van der Waals surface area contributed by atoms with E-state index in [2.05, 4.69) is 0 Å². The van der Waals surface area contributed by atoms with Crippen molar-refractivity contribution in [2.45, 2.75) is 32.1 Å². The van der Waals surface area contributed by atoms with Crippen molar-refractivity contribution in [3.8, 4) is 11.5 Å². The maximum absolute atomic E-state index is 13.9. The molecule has 0 N–H and O–H groups in total. The second-order valence-corrected chi connectivity index (χ2v) is 6.19. The van der Waals surface area contributed by atoms with Crippen molar-refractivity contribution in [1.29, 1.82) is 0 Å². The van der Waals surface area contributed by atoms with Crippen LogP contribution >= 0.6 is 11.6 Å². The summed E-state index contributed by atoms with van der Waals surface area (Å²) in [7, 11) is 0. The molecule has 5 heteroatoms. The Hall–Kier alpha value is -2.20. The summed E-state index contributed by atoms with van der Waals surface area (Å²) in [6, 6.07) is 9.33. The standard InChI is InChI=1S/C19H16ClFO3/c1-2-11-3-5-13(24-18-8-4-12(20)9-15(18)21)10-14(11)19-16(22)6-7-17(19)23/h3-5,8-10,19H,2,6-7H2,1H3. The van der Waals surface area contributed by atoms with Crippen LogP contribution in [0.2, 0.25) is 5.02 Å². The van der Waals surface area contributed by atoms with Gasteiger partial charge in [0.1, 0.15) is 23.2 Å². The fourth-order valence-corrected chi connectivity index (χ4v) is 3.13. The summed E-state index contributed by atoms with van der Waals surface area (Å²) in [6.07, 6.45) is 1.26. The summed E-state index contributed by atoms with van der Waals surface area (Å²) in [6.45, 7) is 1.96. The first kappa shape index (κ1) is 16.7. The van der Waals surface area contributed by atoms with Gasteiger partial charge in [0.25, 0.3) is 0 Å². The number of halogens is 2. The highest BCUT2D eigenvalue weighted by atomic mass is 35.5. The van der Waals surface area contributed by atoms with Crippen LogP contribution in [0.1, 0.15) is 36.8 Å². The van der Waals surface area contributed by atoms with E-state index in [0.29, 0.717) is 17.7 Å². The van der Waals surface area contributed by atoms with Gasteiger partial charge < -0.3 is 4.74 Å². The van der Waals surface area contributed by atoms with Crippen LogP contribution in [-0.2, 0) is 16.0 Å². The van der Waals surface area contributed by atoms with Gasteiger partial charge in [0, 0.05) is 17.9 Å². The van der Waals surface area contributed by atoms with Crippen LogP contribution in [0.4, 0.5) is 4.39 Å². The molecule has 124 valence electrons. The van der Waals surface area contributed by atoms with E-state index in [1.165, 1.54) is 18.2 Å². The molecule has 1 aliphatic carbocycles. The molecule has 0 saturated heterocycles. The van der Waals surface area contributed by atoms with E-state index in [1.54, 1.807) is 12.1 Å². The molecule has 0 amide bonds. The molecule has 2 aromatic carbocycles. The molecule has 1 saturated carbocycles. The Morgan fingerprint density at radius 2 is 1.83 bits per heavy atom. The molecule has 1 fully saturated rings. The van der Waals surface area contributed by atoms with Crippen molar-refractivity contribution in [2.24, 2.45) is 0 Å². The molecule has 0 bridgehead atoms. The van der Waals surface area contributed by atoms with Gasteiger partial charge in [0.15, 0.2) is 11.6 Å². The van der Waals surface area contributed by atoms with Crippen molar-refractivity contribution in [3.63, 3.8) is 0 Å². The van der Waals surface area contributed by atoms with Crippen molar-refractivity contribution in [1.82, 2.24) is 0 Å². The first-order chi connectivity index (χ1) is 11.5. The molecule has 0 spiro atoms. The Balaban J connectivity index is 1.97. The number of hydrogen-bond donors (Lipinski definition) is 0. The van der Waals surface area contributed by atoms with Gasteiger partial charge in [-0.15, -0.1) is 0 Å². The zero-order chi connectivity index (χ0) is 17.3. The minimum atomic E-state index is -0.724. The number of hydrogen-bond acceptors (Lipinski definition) is 3. The summed E-state index contributed by atoms with van der Waals surface area (Å²) in [5.74, 6) is -1.00. The van der Waals surface area contributed by atoms with E-state index in [0.717, 1.165) is 5.56 Å². The number of ketones is 2. The molecular weight excluding hydrogens is 331 g/mol. The third kappa shape index (κ3) is 3.20. The SMILES string of the molecule is CCc1ccc(Oc2ccc(Cl)cc2F)cc1C1C(=O)CCC1=O. The summed E-state index contributed by atoms with van der Waals surface area (Å²) >= 11 is 5.73. The molecule has 1 aliphatic rings. The lowest BCUT2D eigenvalue weighted by Gasteiger charge is -2.15. The van der Waals surface area contributed by atoms with Crippen LogP contribution in [0.15, 0.2) is 36.4 Å². The second-order valence-electron chi connectivity index (χ2n) is 5.76. The number of ether oxygens (including phenoxy) is 1. The molecule has 0 aromatic heterocycles. The first-order valence-electron chi connectivity index (χ1n) is 7.80. The Bertz CT molecular complexity index is 800. The molecule has 0 aliphatic heterocycles. The largest absolute Gasteiger partial charge is 0.454 e. The lowest BCUT2D eigenvalue weighted by Crippen LogP contribution is -2.14. The van der Waals surface area contributed by atoms with E-state index in [-0.39, 0.29) is 35.2 Å². The van der Waals surface area contributed by atoms with Crippen LogP contribution in [0.3, 0.4) is 0 Å². The van der Waals surface area contributed by atoms with Gasteiger partial charge in [-0.3, -0.25) is 9.59 Å². The molecule has 24 heavy (non-hydrogen) atoms. The Morgan fingerprint density at radius 3 is 2.46 bits per heavy atom. The van der Waals surface area contributed by atoms with Crippen LogP contribution < -0.4 is 4.74 Å². The molecule has 0 atom stereocenters. The van der Waals surface area contributed by atoms with Crippen LogP contribution in [0.5, 0.6) is 11.5 Å². The highest BCUT2D eigenvalue weighted by molar-refractivity contribution is 6.30. The molecule has 3 nitrogen and oxygen atoms in total. The molecule has 3 rings (SSSR count). The zero-order valence-corrected chi connectivity index (χ0v) is 13.9. The van der Waals surface area contributed by atoms with Crippen molar-refractivity contribution >= 4 is 23.2 Å². The van der Waals surface area contributed by atoms with Gasteiger partial charge in [-0.25, -0.2) is 4.39 Å². The van der Waals surface area contributed by atoms with Gasteiger partial charge in [0.05, 0.1) is 0 Å². The smallest absolute Gasteiger partial charge is 0.167 e. The Kier molecular flexibility index (Phi) is 4.67. The van der Waals surface area contributed by atoms with Gasteiger partial charge >= 0.3 is 0 Å². The van der Waals surface area contributed by atoms with Crippen LogP contribution in [0.25, 0.3) is 0 Å². The van der Waals surface area contributed by atoms with Gasteiger partial charge in [-0.2, -0.15) is 0 Å². The number of rotatable bonds is 4. The van der Waals surface area contributed by atoms with E-state index in [4.69, 9.17) is 16.3 Å². The Labute approximate surface area is 144 Å². The van der Waals surface area contributed by atoms with E-state index < -0.39 is 11.7 Å². The molecule has 2 aromatic rings. The second kappa shape index (κ2) is 6.73. The number of Topliss-reactive ketones (excluding diaryl/α,β-unsaturated/α-hetero) is 2. The maximum Gasteiger partial charge on any atom is 0.167 e. The minimum absolute atomic E-state index is 0.0404. The average molecular weight is 347 g/mol. The third-order valence-electron chi connectivity index (χ3n) is 4.19. The topological polar surface area (TPSA) is 43.4 Å².